The molecule has 102 valence electrons. The summed E-state index contributed by atoms with van der Waals surface area (Å²) in [6.07, 6.45) is 6.59. The van der Waals surface area contributed by atoms with Gasteiger partial charge >= 0.3 is 0 Å². The SMILES string of the molecule is CC1NC(C2CCCC2)N(CC2CCOC2)C1=O. The summed E-state index contributed by atoms with van der Waals surface area (Å²) in [6.45, 7) is 4.58. The number of rotatable bonds is 3. The van der Waals surface area contributed by atoms with Crippen molar-refractivity contribution in [3.05, 3.63) is 0 Å². The number of carbonyl (C=O) groups excluding carboxylic acids is 1. The molecule has 18 heavy (non-hydrogen) atoms. The van der Waals surface area contributed by atoms with Crippen molar-refractivity contribution in [2.45, 2.75) is 51.2 Å². The van der Waals surface area contributed by atoms with Crippen molar-refractivity contribution in [2.75, 3.05) is 19.8 Å². The minimum atomic E-state index is -0.00192. The molecule has 2 saturated heterocycles. The summed E-state index contributed by atoms with van der Waals surface area (Å²) < 4.78 is 5.43. The predicted molar refractivity (Wildman–Crippen MR) is 69.0 cm³/mol. The average Bonchev–Trinajstić information content (AvgIpc) is 3.07. The highest BCUT2D eigenvalue weighted by Gasteiger charge is 2.42. The third-order valence-corrected chi connectivity index (χ3v) is 4.74. The molecule has 4 nitrogen and oxygen atoms in total. The number of hydrogen-bond acceptors (Lipinski definition) is 3. The van der Waals surface area contributed by atoms with E-state index in [0.717, 1.165) is 26.2 Å². The first-order chi connectivity index (χ1) is 8.75. The molecule has 2 aliphatic heterocycles. The quantitative estimate of drug-likeness (QED) is 0.824. The number of amides is 1. The van der Waals surface area contributed by atoms with E-state index in [1.807, 2.05) is 6.92 Å². The van der Waals surface area contributed by atoms with Gasteiger partial charge in [0.05, 0.1) is 18.8 Å². The molecule has 3 unspecified atom stereocenters. The van der Waals surface area contributed by atoms with Gasteiger partial charge in [0.2, 0.25) is 5.91 Å². The minimum absolute atomic E-state index is 0.00192. The molecule has 2 heterocycles. The third kappa shape index (κ3) is 2.28. The van der Waals surface area contributed by atoms with Crippen molar-refractivity contribution in [3.63, 3.8) is 0 Å². The van der Waals surface area contributed by atoms with Gasteiger partial charge in [-0.25, -0.2) is 0 Å². The minimum Gasteiger partial charge on any atom is -0.381 e. The molecule has 0 bridgehead atoms. The summed E-state index contributed by atoms with van der Waals surface area (Å²) in [4.78, 5) is 14.4. The fraction of sp³-hybridized carbons (Fsp3) is 0.929. The van der Waals surface area contributed by atoms with Crippen molar-refractivity contribution in [2.24, 2.45) is 11.8 Å². The molecule has 3 fully saturated rings. The van der Waals surface area contributed by atoms with E-state index in [0.29, 0.717) is 17.7 Å². The molecule has 0 aromatic heterocycles. The number of nitrogens with zero attached hydrogens (tertiary/aromatic N) is 1. The average molecular weight is 252 g/mol. The molecule has 1 aliphatic carbocycles. The van der Waals surface area contributed by atoms with Crippen LogP contribution >= 0.6 is 0 Å². The maximum Gasteiger partial charge on any atom is 0.240 e. The van der Waals surface area contributed by atoms with Gasteiger partial charge in [-0.1, -0.05) is 12.8 Å². The third-order valence-electron chi connectivity index (χ3n) is 4.74. The van der Waals surface area contributed by atoms with Crippen LogP contribution in [0.15, 0.2) is 0 Å². The normalized spacial score (nSPS) is 37.9. The van der Waals surface area contributed by atoms with Crippen LogP contribution in [0.5, 0.6) is 0 Å². The molecule has 3 rings (SSSR count). The Morgan fingerprint density at radius 1 is 1.33 bits per heavy atom. The molecule has 0 aromatic carbocycles. The number of nitrogens with one attached hydrogen (secondary N) is 1. The summed E-state index contributed by atoms with van der Waals surface area (Å²) in [7, 11) is 0. The first-order valence-corrected chi connectivity index (χ1v) is 7.40. The van der Waals surface area contributed by atoms with Gasteiger partial charge in [-0.05, 0) is 32.1 Å². The standard InChI is InChI=1S/C14H24N2O2/c1-10-14(17)16(8-11-6-7-18-9-11)13(15-10)12-4-2-3-5-12/h10-13,15H,2-9H2,1H3. The highest BCUT2D eigenvalue weighted by atomic mass is 16.5. The van der Waals surface area contributed by atoms with Crippen LogP contribution in [0, 0.1) is 11.8 Å². The smallest absolute Gasteiger partial charge is 0.240 e. The van der Waals surface area contributed by atoms with Crippen LogP contribution in [-0.2, 0) is 9.53 Å². The zero-order chi connectivity index (χ0) is 12.5. The molecule has 1 amide bonds. The lowest BCUT2D eigenvalue weighted by atomic mass is 10.0. The maximum atomic E-state index is 12.3. The van der Waals surface area contributed by atoms with E-state index in [1.165, 1.54) is 25.7 Å². The Bertz CT molecular complexity index is 309. The molecule has 1 saturated carbocycles. The van der Waals surface area contributed by atoms with Gasteiger partial charge < -0.3 is 9.64 Å². The number of ether oxygens (including phenoxy) is 1. The van der Waals surface area contributed by atoms with Gasteiger partial charge in [-0.3, -0.25) is 10.1 Å². The van der Waals surface area contributed by atoms with Gasteiger partial charge in [-0.15, -0.1) is 0 Å². The zero-order valence-electron chi connectivity index (χ0n) is 11.2. The van der Waals surface area contributed by atoms with Crippen LogP contribution in [0.2, 0.25) is 0 Å². The second-order valence-corrected chi connectivity index (χ2v) is 6.10. The Hall–Kier alpha value is -0.610. The lowest BCUT2D eigenvalue weighted by Crippen LogP contribution is -2.44. The Morgan fingerprint density at radius 3 is 2.78 bits per heavy atom. The first kappa shape index (κ1) is 12.4. The Morgan fingerprint density at radius 2 is 2.11 bits per heavy atom. The van der Waals surface area contributed by atoms with Crippen LogP contribution in [0.3, 0.4) is 0 Å². The molecule has 0 aromatic rings. The van der Waals surface area contributed by atoms with Crippen LogP contribution in [0.4, 0.5) is 0 Å². The lowest BCUT2D eigenvalue weighted by molar-refractivity contribution is -0.131. The Balaban J connectivity index is 1.68. The Kier molecular flexibility index (Phi) is 3.57. The van der Waals surface area contributed by atoms with E-state index in [2.05, 4.69) is 10.2 Å². The van der Waals surface area contributed by atoms with Gasteiger partial charge in [0.25, 0.3) is 0 Å². The van der Waals surface area contributed by atoms with E-state index in [4.69, 9.17) is 4.74 Å². The monoisotopic (exact) mass is 252 g/mol. The summed E-state index contributed by atoms with van der Waals surface area (Å²) in [6, 6.07) is -0.00192. The highest BCUT2D eigenvalue weighted by molar-refractivity contribution is 5.84. The van der Waals surface area contributed by atoms with E-state index < -0.39 is 0 Å². The second kappa shape index (κ2) is 5.17. The predicted octanol–water partition coefficient (Wildman–Crippen LogP) is 1.36. The molecule has 1 N–H and O–H groups in total. The van der Waals surface area contributed by atoms with Gasteiger partial charge in [0.1, 0.15) is 0 Å². The number of hydrogen-bond donors (Lipinski definition) is 1. The van der Waals surface area contributed by atoms with E-state index in [-0.39, 0.29) is 12.2 Å². The van der Waals surface area contributed by atoms with Crippen molar-refractivity contribution >= 4 is 5.91 Å². The van der Waals surface area contributed by atoms with E-state index in [9.17, 15) is 4.79 Å². The molecular formula is C14H24N2O2. The summed E-state index contributed by atoms with van der Waals surface area (Å²) >= 11 is 0. The van der Waals surface area contributed by atoms with Gasteiger partial charge in [0, 0.05) is 19.1 Å². The lowest BCUT2D eigenvalue weighted by Gasteiger charge is -2.30. The van der Waals surface area contributed by atoms with E-state index in [1.54, 1.807) is 0 Å². The largest absolute Gasteiger partial charge is 0.381 e. The zero-order valence-corrected chi connectivity index (χ0v) is 11.2. The second-order valence-electron chi connectivity index (χ2n) is 6.10. The summed E-state index contributed by atoms with van der Waals surface area (Å²) in [5.74, 6) is 1.50. The molecule has 4 heteroatoms. The van der Waals surface area contributed by atoms with Crippen molar-refractivity contribution < 1.29 is 9.53 Å². The van der Waals surface area contributed by atoms with Crippen LogP contribution < -0.4 is 5.32 Å². The van der Waals surface area contributed by atoms with Crippen molar-refractivity contribution in [1.29, 1.82) is 0 Å². The summed E-state index contributed by atoms with van der Waals surface area (Å²) in [5.41, 5.74) is 0. The molecule has 3 aliphatic rings. The van der Waals surface area contributed by atoms with Crippen LogP contribution in [-0.4, -0.2) is 42.8 Å². The van der Waals surface area contributed by atoms with Gasteiger partial charge in [0.15, 0.2) is 0 Å². The van der Waals surface area contributed by atoms with Crippen LogP contribution in [0.1, 0.15) is 39.0 Å². The van der Waals surface area contributed by atoms with Crippen molar-refractivity contribution in [1.82, 2.24) is 10.2 Å². The first-order valence-electron chi connectivity index (χ1n) is 7.40. The van der Waals surface area contributed by atoms with Crippen LogP contribution in [0.25, 0.3) is 0 Å². The fourth-order valence-electron chi connectivity index (χ4n) is 3.68. The summed E-state index contributed by atoms with van der Waals surface area (Å²) in [5, 5.41) is 3.51. The topological polar surface area (TPSA) is 41.6 Å². The number of carbonyl (C=O) groups is 1. The maximum absolute atomic E-state index is 12.3. The molecular weight excluding hydrogens is 228 g/mol. The van der Waals surface area contributed by atoms with Crippen molar-refractivity contribution in [3.8, 4) is 0 Å². The van der Waals surface area contributed by atoms with E-state index >= 15 is 0 Å². The van der Waals surface area contributed by atoms with Gasteiger partial charge in [-0.2, -0.15) is 0 Å². The highest BCUT2D eigenvalue weighted by Crippen LogP contribution is 2.32. The fourth-order valence-corrected chi connectivity index (χ4v) is 3.68. The molecule has 0 spiro atoms. The molecule has 0 radical (unpaired) electrons. The molecule has 3 atom stereocenters. The Labute approximate surface area is 109 Å².